The molecule has 0 spiro atoms. The summed E-state index contributed by atoms with van der Waals surface area (Å²) in [6.45, 7) is 3.63. The van der Waals surface area contributed by atoms with Gasteiger partial charge in [0.05, 0.1) is 5.69 Å². The molecule has 0 saturated carbocycles. The summed E-state index contributed by atoms with van der Waals surface area (Å²) in [7, 11) is 0. The van der Waals surface area contributed by atoms with E-state index in [-0.39, 0.29) is 5.69 Å². The van der Waals surface area contributed by atoms with Crippen LogP contribution in [0.15, 0.2) is 58.3 Å². The Morgan fingerprint density at radius 2 is 2.23 bits per heavy atom. The fourth-order valence-electron chi connectivity index (χ4n) is 1.93. The predicted molar refractivity (Wildman–Crippen MR) is 104 cm³/mol. The van der Waals surface area contributed by atoms with Crippen LogP contribution in [0.25, 0.3) is 5.69 Å². The lowest BCUT2D eigenvalue weighted by atomic mass is 10.3. The van der Waals surface area contributed by atoms with Gasteiger partial charge in [0.15, 0.2) is 10.0 Å². The van der Waals surface area contributed by atoms with Crippen LogP contribution in [-0.4, -0.2) is 31.6 Å². The second-order valence-electron chi connectivity index (χ2n) is 4.88. The summed E-state index contributed by atoms with van der Waals surface area (Å²) in [6.07, 6.45) is 3.22. The van der Waals surface area contributed by atoms with Crippen molar-refractivity contribution >= 4 is 45.7 Å². The third-order valence-corrected chi connectivity index (χ3v) is 5.25. The van der Waals surface area contributed by atoms with E-state index >= 15 is 0 Å². The van der Waals surface area contributed by atoms with Crippen molar-refractivity contribution in [3.63, 3.8) is 0 Å². The largest absolute Gasteiger partial charge is 0.295 e. The molecule has 1 amide bonds. The normalized spacial score (nSPS) is 10.5. The molecule has 1 aromatic carbocycles. The van der Waals surface area contributed by atoms with Crippen molar-refractivity contribution in [3.8, 4) is 5.69 Å². The van der Waals surface area contributed by atoms with Gasteiger partial charge in [-0.15, -0.1) is 16.8 Å². The number of hydrogen-bond donors (Lipinski definition) is 1. The Morgan fingerprint density at radius 1 is 1.38 bits per heavy atom. The molecule has 0 bridgehead atoms. The standard InChI is InChI=1S/C16H12ClN5O2S2/c1-2-8-25-16-20-19-15(26-16)18-14(24)13-12(23)6-7-22(21-13)11-5-3-4-10(17)9-11/h2-7,9H,1,8H2,(H,18,19,24). The van der Waals surface area contributed by atoms with E-state index in [4.69, 9.17) is 11.6 Å². The SMILES string of the molecule is C=CCSc1nnc(NC(=O)c2nn(-c3cccc(Cl)c3)ccc2=O)s1. The van der Waals surface area contributed by atoms with Crippen LogP contribution < -0.4 is 10.7 Å². The van der Waals surface area contributed by atoms with Crippen molar-refractivity contribution in [1.29, 1.82) is 0 Å². The van der Waals surface area contributed by atoms with Crippen molar-refractivity contribution in [3.05, 3.63) is 70.1 Å². The lowest BCUT2D eigenvalue weighted by Gasteiger charge is -2.07. The lowest BCUT2D eigenvalue weighted by molar-refractivity contribution is 0.101. The van der Waals surface area contributed by atoms with Gasteiger partial charge in [0.2, 0.25) is 10.6 Å². The molecule has 10 heteroatoms. The van der Waals surface area contributed by atoms with Crippen LogP contribution in [-0.2, 0) is 0 Å². The van der Waals surface area contributed by atoms with Crippen LogP contribution in [0.2, 0.25) is 5.02 Å². The number of anilines is 1. The topological polar surface area (TPSA) is 89.8 Å². The molecule has 3 rings (SSSR count). The summed E-state index contributed by atoms with van der Waals surface area (Å²) in [5, 5.41) is 15.3. The monoisotopic (exact) mass is 405 g/mol. The molecule has 0 radical (unpaired) electrons. The molecule has 2 heterocycles. The molecule has 1 N–H and O–H groups in total. The highest BCUT2D eigenvalue weighted by Gasteiger charge is 2.16. The average Bonchev–Trinajstić information content (AvgIpc) is 3.07. The van der Waals surface area contributed by atoms with E-state index in [0.717, 1.165) is 0 Å². The zero-order valence-electron chi connectivity index (χ0n) is 13.3. The highest BCUT2D eigenvalue weighted by Crippen LogP contribution is 2.25. The third kappa shape index (κ3) is 4.37. The number of halogens is 1. The van der Waals surface area contributed by atoms with Gasteiger partial charge < -0.3 is 0 Å². The third-order valence-electron chi connectivity index (χ3n) is 3.05. The van der Waals surface area contributed by atoms with E-state index in [2.05, 4.69) is 27.2 Å². The average molecular weight is 406 g/mol. The summed E-state index contributed by atoms with van der Waals surface area (Å²) in [5.41, 5.74) is -0.111. The quantitative estimate of drug-likeness (QED) is 0.384. The summed E-state index contributed by atoms with van der Waals surface area (Å²) in [6, 6.07) is 8.18. The first-order valence-electron chi connectivity index (χ1n) is 7.31. The number of carbonyl (C=O) groups excluding carboxylic acids is 1. The van der Waals surface area contributed by atoms with E-state index in [0.29, 0.717) is 25.9 Å². The van der Waals surface area contributed by atoms with Gasteiger partial charge in [0.25, 0.3) is 5.91 Å². The van der Waals surface area contributed by atoms with Crippen LogP contribution in [0.4, 0.5) is 5.13 Å². The predicted octanol–water partition coefficient (Wildman–Crippen LogP) is 3.27. The highest BCUT2D eigenvalue weighted by molar-refractivity contribution is 8.01. The minimum Gasteiger partial charge on any atom is -0.295 e. The summed E-state index contributed by atoms with van der Waals surface area (Å²) in [4.78, 5) is 24.4. The van der Waals surface area contributed by atoms with Crippen LogP contribution in [0, 0.1) is 0 Å². The maximum absolute atomic E-state index is 12.4. The second-order valence-corrected chi connectivity index (χ2v) is 7.56. The van der Waals surface area contributed by atoms with Gasteiger partial charge in [-0.25, -0.2) is 4.68 Å². The first kappa shape index (κ1) is 18.3. The highest BCUT2D eigenvalue weighted by atomic mass is 35.5. The molecule has 26 heavy (non-hydrogen) atoms. The fraction of sp³-hybridized carbons (Fsp3) is 0.0625. The Hall–Kier alpha value is -2.49. The second kappa shape index (κ2) is 8.26. The Bertz CT molecular complexity index is 1020. The first-order chi connectivity index (χ1) is 12.6. The summed E-state index contributed by atoms with van der Waals surface area (Å²) >= 11 is 8.63. The van der Waals surface area contributed by atoms with Crippen LogP contribution in [0.3, 0.4) is 0 Å². The number of rotatable bonds is 6. The number of hydrogen-bond acceptors (Lipinski definition) is 7. The Kier molecular flexibility index (Phi) is 5.82. The molecule has 132 valence electrons. The molecule has 2 aromatic heterocycles. The molecule has 7 nitrogen and oxygen atoms in total. The molecule has 0 aliphatic heterocycles. The minimum atomic E-state index is -0.650. The Balaban J connectivity index is 1.83. The molecule has 0 fully saturated rings. The van der Waals surface area contributed by atoms with Gasteiger partial charge >= 0.3 is 0 Å². The molecule has 3 aromatic rings. The van der Waals surface area contributed by atoms with E-state index < -0.39 is 11.3 Å². The number of nitrogens with one attached hydrogen (secondary N) is 1. The maximum Gasteiger partial charge on any atom is 0.282 e. The van der Waals surface area contributed by atoms with Gasteiger partial charge in [-0.1, -0.05) is 46.8 Å². The number of amides is 1. The first-order valence-corrected chi connectivity index (χ1v) is 9.49. The number of thioether (sulfide) groups is 1. The van der Waals surface area contributed by atoms with Crippen LogP contribution in [0.1, 0.15) is 10.5 Å². The lowest BCUT2D eigenvalue weighted by Crippen LogP contribution is -2.25. The zero-order chi connectivity index (χ0) is 18.5. The molecule has 0 saturated heterocycles. The molecule has 0 aliphatic rings. The maximum atomic E-state index is 12.4. The number of benzene rings is 1. The van der Waals surface area contributed by atoms with E-state index in [1.54, 1.807) is 30.3 Å². The van der Waals surface area contributed by atoms with Gasteiger partial charge in [0, 0.05) is 23.0 Å². The smallest absolute Gasteiger partial charge is 0.282 e. The molecule has 0 aliphatic carbocycles. The summed E-state index contributed by atoms with van der Waals surface area (Å²) < 4.78 is 2.10. The minimum absolute atomic E-state index is 0.247. The number of aromatic nitrogens is 4. The number of carbonyl (C=O) groups is 1. The van der Waals surface area contributed by atoms with Crippen molar-refractivity contribution in [2.75, 3.05) is 11.1 Å². The van der Waals surface area contributed by atoms with Crippen molar-refractivity contribution < 1.29 is 4.79 Å². The van der Waals surface area contributed by atoms with E-state index in [1.165, 1.54) is 40.0 Å². The van der Waals surface area contributed by atoms with Gasteiger partial charge in [0.1, 0.15) is 0 Å². The molecular weight excluding hydrogens is 394 g/mol. The Morgan fingerprint density at radius 3 is 3.00 bits per heavy atom. The van der Waals surface area contributed by atoms with Crippen LogP contribution >= 0.6 is 34.7 Å². The molecule has 0 unspecified atom stereocenters. The van der Waals surface area contributed by atoms with Gasteiger partial charge in [-0.2, -0.15) is 5.10 Å². The van der Waals surface area contributed by atoms with Crippen molar-refractivity contribution in [2.45, 2.75) is 4.34 Å². The van der Waals surface area contributed by atoms with Crippen molar-refractivity contribution in [1.82, 2.24) is 20.0 Å². The molecule has 0 atom stereocenters. The fourth-order valence-corrected chi connectivity index (χ4v) is 3.63. The van der Waals surface area contributed by atoms with Crippen LogP contribution in [0.5, 0.6) is 0 Å². The summed E-state index contributed by atoms with van der Waals surface area (Å²) in [5.74, 6) is 0.0375. The van der Waals surface area contributed by atoms with E-state index in [1.807, 2.05) is 0 Å². The number of nitrogens with zero attached hydrogens (tertiary/aromatic N) is 4. The molecular formula is C16H12ClN5O2S2. The van der Waals surface area contributed by atoms with Gasteiger partial charge in [-0.05, 0) is 18.2 Å². The van der Waals surface area contributed by atoms with E-state index in [9.17, 15) is 9.59 Å². The van der Waals surface area contributed by atoms with Gasteiger partial charge in [-0.3, -0.25) is 14.9 Å². The van der Waals surface area contributed by atoms with Crippen molar-refractivity contribution in [2.24, 2.45) is 0 Å². The zero-order valence-corrected chi connectivity index (χ0v) is 15.6. The Labute approximate surface area is 161 Å².